The molecule has 0 unspecified atom stereocenters. The van der Waals surface area contributed by atoms with Crippen molar-refractivity contribution in [2.24, 2.45) is 0 Å². The summed E-state index contributed by atoms with van der Waals surface area (Å²) >= 11 is 0. The number of ether oxygens (including phenoxy) is 1. The zero-order valence-electron chi connectivity index (χ0n) is 4.72. The molecule has 0 radical (unpaired) electrons. The number of rotatable bonds is 2. The van der Waals surface area contributed by atoms with E-state index in [-0.39, 0.29) is 37.7 Å². The second kappa shape index (κ2) is 16.1. The molecule has 0 spiro atoms. The Bertz CT molecular complexity index is 39.0. The molecule has 1 nitrogen and oxygen atoms in total. The van der Waals surface area contributed by atoms with E-state index in [1.165, 1.54) is 0 Å². The third kappa shape index (κ3) is 21.2. The average Bonchev–Trinajstić information content (AvgIpc) is 1.41. The molecule has 7 heavy (non-hydrogen) atoms. The molecule has 28 valence electrons. The summed E-state index contributed by atoms with van der Waals surface area (Å²) in [5, 5.41) is 0. The topological polar surface area (TPSA) is 9.23 Å². The fraction of sp³-hybridized carbons (Fsp3) is 0. The van der Waals surface area contributed by atoms with Gasteiger partial charge in [-0.15, -0.1) is 0 Å². The maximum absolute atomic E-state index is 4.68. The summed E-state index contributed by atoms with van der Waals surface area (Å²) in [6, 6.07) is 0. The quantitative estimate of drug-likeness (QED) is 0.184. The van der Waals surface area contributed by atoms with Crippen LogP contribution in [0.2, 0.25) is 0 Å². The summed E-state index contributed by atoms with van der Waals surface area (Å²) in [7, 11) is 0. The molecular weight excluding hydrogens is 77.9 g/mol. The van der Waals surface area contributed by atoms with Crippen LogP contribution in [0.15, 0.2) is 12.5 Å². The molecule has 0 saturated carbocycles. The molecule has 0 heterocycles. The normalized spacial score (nSPS) is 4.00. The first-order chi connectivity index (χ1) is 2.41. The Morgan fingerprint density at radius 1 is 1.00 bits per heavy atom. The third-order valence-electron chi connectivity index (χ3n) is 0.157. The van der Waals surface area contributed by atoms with Crippen molar-refractivity contribution in [1.82, 2.24) is 0 Å². The molecule has 0 saturated heterocycles. The smallest absolute Gasteiger partial charge is 0.547 e. The van der Waals surface area contributed by atoms with Gasteiger partial charge in [0.25, 0.3) is 0 Å². The van der Waals surface area contributed by atoms with Crippen LogP contribution in [-0.4, -0.2) is 0 Å². The van der Waals surface area contributed by atoms with E-state index in [0.717, 1.165) is 12.5 Å². The van der Waals surface area contributed by atoms with Crippen molar-refractivity contribution in [2.45, 2.75) is 0 Å². The van der Waals surface area contributed by atoms with E-state index >= 15 is 0 Å². The maximum atomic E-state index is 4.68. The van der Waals surface area contributed by atoms with Gasteiger partial charge < -0.3 is 17.9 Å². The molecule has 0 aromatic rings. The first-order valence-electron chi connectivity index (χ1n) is 1.14. The van der Waals surface area contributed by atoms with Gasteiger partial charge in [0.1, 0.15) is 0 Å². The molecule has 0 aromatic carbocycles. The van der Waals surface area contributed by atoms with Crippen molar-refractivity contribution in [2.75, 3.05) is 0 Å². The van der Waals surface area contributed by atoms with Crippen LogP contribution in [-0.2, 0) is 4.74 Å². The van der Waals surface area contributed by atoms with Gasteiger partial charge >= 0.3 is 37.7 Å². The van der Waals surface area contributed by atoms with Gasteiger partial charge in [-0.1, -0.05) is 12.5 Å². The largest absolute Gasteiger partial charge is 1.00 e. The molecule has 0 aliphatic rings. The number of hydrogen-bond acceptors (Lipinski definition) is 1. The van der Waals surface area contributed by atoms with Crippen molar-refractivity contribution >= 4 is 0 Å². The van der Waals surface area contributed by atoms with Crippen molar-refractivity contribution in [3.8, 4) is 0 Å². The third-order valence-corrected chi connectivity index (χ3v) is 0.157. The van der Waals surface area contributed by atoms with Gasteiger partial charge in [-0.3, -0.25) is 0 Å². The minimum Gasteiger partial charge on any atom is -0.547 e. The molecule has 0 bridgehead atoms. The minimum atomic E-state index is 0. The summed E-state index contributed by atoms with van der Waals surface area (Å²) < 4.78 is 4.14. The van der Waals surface area contributed by atoms with Crippen LogP contribution in [0.5, 0.6) is 0 Å². The second-order valence-corrected chi connectivity index (χ2v) is 0.408. The van der Waals surface area contributed by atoms with Gasteiger partial charge in [0.15, 0.2) is 0 Å². The summed E-state index contributed by atoms with van der Waals surface area (Å²) in [5.74, 6) is 0. The maximum Gasteiger partial charge on any atom is 1.00 e. The van der Waals surface area contributed by atoms with Crippen LogP contribution in [0.3, 0.4) is 0 Å². The Morgan fingerprint density at radius 2 is 1.29 bits per heavy atom. The first kappa shape index (κ1) is 15.6. The summed E-state index contributed by atoms with van der Waals surface area (Å²) in [6.07, 6.45) is 2.00. The van der Waals surface area contributed by atoms with Gasteiger partial charge in [-0.05, 0) is 0 Å². The molecule has 0 N–H and O–H groups in total. The Hall–Kier alpha value is 0.475. The van der Waals surface area contributed by atoms with Crippen molar-refractivity contribution in [3.05, 3.63) is 25.7 Å². The predicted octanol–water partition coefficient (Wildman–Crippen LogP) is -5.10. The predicted molar refractivity (Wildman–Crippen MR) is 18.8 cm³/mol. The molecule has 3 heteroatoms. The number of hydrogen-bond donors (Lipinski definition) is 0. The van der Waals surface area contributed by atoms with E-state index in [2.05, 4.69) is 17.9 Å². The zero-order valence-corrected chi connectivity index (χ0v) is 4.72. The Kier molecular flexibility index (Phi) is 35.9. The Labute approximate surface area is 68.2 Å². The van der Waals surface area contributed by atoms with Crippen LogP contribution in [0.4, 0.5) is 0 Å². The summed E-state index contributed by atoms with van der Waals surface area (Å²) in [6.45, 7) is 9.36. The van der Waals surface area contributed by atoms with Crippen molar-refractivity contribution < 1.29 is 42.5 Å². The van der Waals surface area contributed by atoms with Gasteiger partial charge in [0.2, 0.25) is 0 Å². The molecule has 0 atom stereocenters. The van der Waals surface area contributed by atoms with Gasteiger partial charge in [-0.25, -0.2) is 0 Å². The van der Waals surface area contributed by atoms with E-state index in [4.69, 9.17) is 0 Å². The summed E-state index contributed by atoms with van der Waals surface area (Å²) in [4.78, 5) is 0. The van der Waals surface area contributed by atoms with Crippen LogP contribution < -0.4 is 37.7 Å². The molecule has 0 fully saturated rings. The van der Waals surface area contributed by atoms with Gasteiger partial charge in [0.05, 0.1) is 0 Å². The van der Waals surface area contributed by atoms with Gasteiger partial charge in [-0.2, -0.15) is 0 Å². The Morgan fingerprint density at radius 3 is 1.29 bits per heavy atom. The molecule has 0 aliphatic carbocycles. The van der Waals surface area contributed by atoms with E-state index in [1.54, 1.807) is 0 Å². The first-order valence-corrected chi connectivity index (χ1v) is 1.14. The molecular formula is C4H4Li2O. The average molecular weight is 82.0 g/mol. The van der Waals surface area contributed by atoms with E-state index in [0.29, 0.717) is 0 Å². The zero-order chi connectivity index (χ0) is 4.12. The monoisotopic (exact) mass is 82.1 g/mol. The van der Waals surface area contributed by atoms with Crippen LogP contribution in [0.1, 0.15) is 0 Å². The fourth-order valence-corrected chi connectivity index (χ4v) is 0.0454. The standard InChI is InChI=1S/C4H4O.2Li/c1-3-5-4-2;;/h1-4H;;/q-2;2*+1. The van der Waals surface area contributed by atoms with E-state index < -0.39 is 0 Å². The summed E-state index contributed by atoms with van der Waals surface area (Å²) in [5.41, 5.74) is 0. The van der Waals surface area contributed by atoms with E-state index in [1.807, 2.05) is 0 Å². The van der Waals surface area contributed by atoms with Gasteiger partial charge in [0, 0.05) is 0 Å². The molecule has 0 aliphatic heterocycles. The molecule has 0 amide bonds. The van der Waals surface area contributed by atoms with E-state index in [9.17, 15) is 0 Å². The van der Waals surface area contributed by atoms with Crippen LogP contribution in [0, 0.1) is 13.2 Å². The van der Waals surface area contributed by atoms with Crippen molar-refractivity contribution in [1.29, 1.82) is 0 Å². The molecule has 0 rings (SSSR count). The Balaban J connectivity index is -0.0000000800. The van der Waals surface area contributed by atoms with Crippen molar-refractivity contribution in [3.63, 3.8) is 0 Å². The van der Waals surface area contributed by atoms with Crippen LogP contribution in [0.25, 0.3) is 0 Å². The van der Waals surface area contributed by atoms with Crippen LogP contribution >= 0.6 is 0 Å². The molecule has 0 aromatic heterocycles. The SMILES string of the molecule is [CH-]=COC=[CH-].[Li+].[Li+]. The fourth-order valence-electron chi connectivity index (χ4n) is 0.0454. The second-order valence-electron chi connectivity index (χ2n) is 0.408. The minimum absolute atomic E-state index is 0.